The number of anilines is 1. The number of aromatic nitrogens is 2. The maximum Gasteiger partial charge on any atom is 0.233 e. The maximum absolute atomic E-state index is 5.88. The second-order valence-corrected chi connectivity index (χ2v) is 5.35. The number of methoxy groups -OCH3 is 1. The summed E-state index contributed by atoms with van der Waals surface area (Å²) in [5, 5.41) is 6.54. The van der Waals surface area contributed by atoms with E-state index in [1.54, 1.807) is 0 Å². The van der Waals surface area contributed by atoms with Crippen molar-refractivity contribution in [2.24, 2.45) is 0 Å². The molecule has 0 amide bonds. The Bertz CT molecular complexity index is 744. The van der Waals surface area contributed by atoms with Gasteiger partial charge in [-0.05, 0) is 29.9 Å². The predicted octanol–water partition coefficient (Wildman–Crippen LogP) is 2.35. The van der Waals surface area contributed by atoms with Crippen LogP contribution in [0.15, 0.2) is 24.3 Å². The van der Waals surface area contributed by atoms with Gasteiger partial charge in [0.25, 0.3) is 0 Å². The fraction of sp³-hybridized carbons (Fsp3) is 0.214. The molecular formula is C14H13ClN4O3S. The van der Waals surface area contributed by atoms with Crippen LogP contribution < -0.4 is 24.8 Å². The molecule has 9 heteroatoms. The molecule has 2 aromatic rings. The normalized spacial score (nSPS) is 11.9. The summed E-state index contributed by atoms with van der Waals surface area (Å²) in [6, 6.07) is 7.20. The SMILES string of the molecule is COc1cc(Cl)nc(NC(=S)NCc2ccc3c(c2)OCO3)n1. The molecule has 2 heterocycles. The van der Waals surface area contributed by atoms with Gasteiger partial charge in [-0.25, -0.2) is 4.98 Å². The van der Waals surface area contributed by atoms with E-state index in [1.807, 2.05) is 18.2 Å². The minimum atomic E-state index is 0.250. The maximum atomic E-state index is 5.88. The second kappa shape index (κ2) is 6.84. The zero-order chi connectivity index (χ0) is 16.2. The van der Waals surface area contributed by atoms with Crippen molar-refractivity contribution in [1.82, 2.24) is 15.3 Å². The minimum absolute atomic E-state index is 0.250. The van der Waals surface area contributed by atoms with Gasteiger partial charge >= 0.3 is 0 Å². The van der Waals surface area contributed by atoms with Gasteiger partial charge in [0.1, 0.15) is 5.15 Å². The van der Waals surface area contributed by atoms with Gasteiger partial charge in [0.15, 0.2) is 16.6 Å². The molecule has 0 radical (unpaired) electrons. The standard InChI is InChI=1S/C14H13ClN4O3S/c1-20-12-5-11(15)17-13(18-12)19-14(23)16-6-8-2-3-9-10(4-8)22-7-21-9/h2-5H,6-7H2,1H3,(H2,16,17,18,19,23). The Labute approximate surface area is 142 Å². The average molecular weight is 353 g/mol. The molecular weight excluding hydrogens is 340 g/mol. The van der Waals surface area contributed by atoms with Crippen LogP contribution in [0.3, 0.4) is 0 Å². The topological polar surface area (TPSA) is 77.5 Å². The number of hydrogen-bond acceptors (Lipinski definition) is 6. The molecule has 0 bridgehead atoms. The largest absolute Gasteiger partial charge is 0.481 e. The first kappa shape index (κ1) is 15.6. The van der Waals surface area contributed by atoms with E-state index in [9.17, 15) is 0 Å². The highest BCUT2D eigenvalue weighted by Crippen LogP contribution is 2.32. The summed E-state index contributed by atoms with van der Waals surface area (Å²) in [5.74, 6) is 2.09. The summed E-state index contributed by atoms with van der Waals surface area (Å²) < 4.78 is 15.6. The highest BCUT2D eigenvalue weighted by Gasteiger charge is 2.13. The van der Waals surface area contributed by atoms with E-state index in [2.05, 4.69) is 20.6 Å². The first-order valence-electron chi connectivity index (χ1n) is 6.66. The summed E-state index contributed by atoms with van der Waals surface area (Å²) in [7, 11) is 1.50. The number of fused-ring (bicyclic) bond motifs is 1. The van der Waals surface area contributed by atoms with E-state index >= 15 is 0 Å². The molecule has 0 unspecified atom stereocenters. The number of benzene rings is 1. The highest BCUT2D eigenvalue weighted by molar-refractivity contribution is 7.80. The molecule has 120 valence electrons. The highest BCUT2D eigenvalue weighted by atomic mass is 35.5. The van der Waals surface area contributed by atoms with Crippen LogP contribution in [0, 0.1) is 0 Å². The van der Waals surface area contributed by atoms with E-state index in [1.165, 1.54) is 13.2 Å². The number of ether oxygens (including phenoxy) is 3. The summed E-state index contributed by atoms with van der Waals surface area (Å²) in [5.41, 5.74) is 1.00. The predicted molar refractivity (Wildman–Crippen MR) is 89.2 cm³/mol. The zero-order valence-corrected chi connectivity index (χ0v) is 13.7. The van der Waals surface area contributed by atoms with E-state index in [0.29, 0.717) is 17.5 Å². The molecule has 1 aromatic heterocycles. The molecule has 1 aliphatic rings. The van der Waals surface area contributed by atoms with Crippen LogP contribution >= 0.6 is 23.8 Å². The van der Waals surface area contributed by atoms with Gasteiger partial charge in [-0.3, -0.25) is 0 Å². The summed E-state index contributed by atoms with van der Waals surface area (Å²) in [6.07, 6.45) is 0. The molecule has 0 aliphatic carbocycles. The molecule has 0 saturated heterocycles. The number of halogens is 1. The van der Waals surface area contributed by atoms with Gasteiger partial charge in [0, 0.05) is 12.6 Å². The summed E-state index contributed by atoms with van der Waals surface area (Å²) >= 11 is 11.1. The quantitative estimate of drug-likeness (QED) is 0.641. The second-order valence-electron chi connectivity index (χ2n) is 4.55. The summed E-state index contributed by atoms with van der Waals surface area (Å²) in [4.78, 5) is 8.12. The lowest BCUT2D eigenvalue weighted by molar-refractivity contribution is 0.174. The third-order valence-corrected chi connectivity index (χ3v) is 3.44. The number of nitrogens with one attached hydrogen (secondary N) is 2. The van der Waals surface area contributed by atoms with E-state index in [4.69, 9.17) is 38.0 Å². The van der Waals surface area contributed by atoms with Crippen molar-refractivity contribution in [3.05, 3.63) is 35.0 Å². The molecule has 3 rings (SSSR count). The molecule has 23 heavy (non-hydrogen) atoms. The molecule has 0 spiro atoms. The monoisotopic (exact) mass is 352 g/mol. The third-order valence-electron chi connectivity index (χ3n) is 3.00. The lowest BCUT2D eigenvalue weighted by Gasteiger charge is -2.10. The molecule has 1 aliphatic heterocycles. The van der Waals surface area contributed by atoms with E-state index < -0.39 is 0 Å². The van der Waals surface area contributed by atoms with Crippen LogP contribution in [0.2, 0.25) is 5.15 Å². The summed E-state index contributed by atoms with van der Waals surface area (Å²) in [6.45, 7) is 0.764. The van der Waals surface area contributed by atoms with Gasteiger partial charge in [-0.1, -0.05) is 17.7 Å². The van der Waals surface area contributed by atoms with Crippen LogP contribution in [0.4, 0.5) is 5.95 Å². The smallest absolute Gasteiger partial charge is 0.233 e. The Morgan fingerprint density at radius 3 is 2.96 bits per heavy atom. The number of thiocarbonyl (C=S) groups is 1. The third kappa shape index (κ3) is 3.91. The van der Waals surface area contributed by atoms with Crippen molar-refractivity contribution in [2.75, 3.05) is 19.2 Å². The van der Waals surface area contributed by atoms with Crippen LogP contribution in [0.25, 0.3) is 0 Å². The lowest BCUT2D eigenvalue weighted by Crippen LogP contribution is -2.28. The van der Waals surface area contributed by atoms with Gasteiger partial charge < -0.3 is 24.8 Å². The number of hydrogen-bond donors (Lipinski definition) is 2. The van der Waals surface area contributed by atoms with Gasteiger partial charge in [0.2, 0.25) is 18.6 Å². The van der Waals surface area contributed by atoms with E-state index in [-0.39, 0.29) is 17.9 Å². The molecule has 0 fully saturated rings. The van der Waals surface area contributed by atoms with Gasteiger partial charge in [-0.2, -0.15) is 4.98 Å². The average Bonchev–Trinajstić information content (AvgIpc) is 3.00. The van der Waals surface area contributed by atoms with Crippen molar-refractivity contribution < 1.29 is 14.2 Å². The van der Waals surface area contributed by atoms with Crippen molar-refractivity contribution in [3.63, 3.8) is 0 Å². The van der Waals surface area contributed by atoms with Crippen molar-refractivity contribution in [1.29, 1.82) is 0 Å². The van der Waals surface area contributed by atoms with Crippen molar-refractivity contribution in [2.45, 2.75) is 6.54 Å². The Morgan fingerprint density at radius 2 is 2.13 bits per heavy atom. The first-order chi connectivity index (χ1) is 11.1. The Kier molecular flexibility index (Phi) is 4.63. The Morgan fingerprint density at radius 1 is 1.30 bits per heavy atom. The molecule has 2 N–H and O–H groups in total. The number of rotatable bonds is 4. The molecule has 7 nitrogen and oxygen atoms in total. The number of nitrogens with zero attached hydrogens (tertiary/aromatic N) is 2. The van der Waals surface area contributed by atoms with Gasteiger partial charge in [-0.15, -0.1) is 0 Å². The zero-order valence-electron chi connectivity index (χ0n) is 12.1. The van der Waals surface area contributed by atoms with Crippen LogP contribution in [0.5, 0.6) is 17.4 Å². The van der Waals surface area contributed by atoms with Crippen molar-refractivity contribution >= 4 is 34.9 Å². The Hall–Kier alpha value is -2.32. The fourth-order valence-electron chi connectivity index (χ4n) is 1.94. The van der Waals surface area contributed by atoms with Gasteiger partial charge in [0.05, 0.1) is 7.11 Å². The Balaban J connectivity index is 1.58. The lowest BCUT2D eigenvalue weighted by atomic mass is 10.2. The first-order valence-corrected chi connectivity index (χ1v) is 7.44. The fourth-order valence-corrected chi connectivity index (χ4v) is 2.27. The molecule has 0 saturated carbocycles. The van der Waals surface area contributed by atoms with Crippen LogP contribution in [-0.4, -0.2) is 29.0 Å². The van der Waals surface area contributed by atoms with Crippen LogP contribution in [-0.2, 0) is 6.54 Å². The van der Waals surface area contributed by atoms with Crippen LogP contribution in [0.1, 0.15) is 5.56 Å². The minimum Gasteiger partial charge on any atom is -0.481 e. The molecule has 0 atom stereocenters. The van der Waals surface area contributed by atoms with E-state index in [0.717, 1.165) is 17.1 Å². The molecule has 1 aromatic carbocycles. The van der Waals surface area contributed by atoms with Crippen molar-refractivity contribution in [3.8, 4) is 17.4 Å².